The summed E-state index contributed by atoms with van der Waals surface area (Å²) in [5.41, 5.74) is 0.210. The van der Waals surface area contributed by atoms with E-state index in [-0.39, 0.29) is 24.0 Å². The van der Waals surface area contributed by atoms with Crippen LogP contribution in [0.25, 0.3) is 0 Å². The lowest BCUT2D eigenvalue weighted by Crippen LogP contribution is -2.37. The van der Waals surface area contributed by atoms with Crippen molar-refractivity contribution in [2.24, 2.45) is 0 Å². The van der Waals surface area contributed by atoms with Gasteiger partial charge in [0, 0.05) is 24.1 Å². The van der Waals surface area contributed by atoms with E-state index < -0.39 is 5.41 Å². The quantitative estimate of drug-likeness (QED) is 0.372. The van der Waals surface area contributed by atoms with Gasteiger partial charge in [0.25, 0.3) is 0 Å². The van der Waals surface area contributed by atoms with Gasteiger partial charge < -0.3 is 4.90 Å². The van der Waals surface area contributed by atoms with Crippen molar-refractivity contribution in [1.29, 1.82) is 0 Å². The Balaban J connectivity index is 0.00000341. The predicted molar refractivity (Wildman–Crippen MR) is 129 cm³/mol. The number of rotatable bonds is 9. The van der Waals surface area contributed by atoms with Gasteiger partial charge in [-0.25, -0.2) is 0 Å². The van der Waals surface area contributed by atoms with Crippen LogP contribution in [0.3, 0.4) is 0 Å². The molecule has 2 aromatic carbocycles. The number of unbranched alkanes of at least 4 members (excludes halogenated alkanes) is 2. The summed E-state index contributed by atoms with van der Waals surface area (Å²) in [6, 6.07) is 16.4. The van der Waals surface area contributed by atoms with Crippen LogP contribution in [0.1, 0.15) is 72.2 Å². The number of Topliss-reactive ketones (excluding diaryl/α,β-unsaturated/α-hetero) is 2. The summed E-state index contributed by atoms with van der Waals surface area (Å²) in [6.07, 6.45) is 5.35. The molecule has 31 heavy (non-hydrogen) atoms. The highest BCUT2D eigenvalue weighted by Gasteiger charge is 2.53. The van der Waals surface area contributed by atoms with Crippen molar-refractivity contribution in [3.63, 3.8) is 0 Å². The number of hydrogen-bond acceptors (Lipinski definition) is 3. The third-order valence-electron chi connectivity index (χ3n) is 5.79. The first-order chi connectivity index (χ1) is 14.6. The van der Waals surface area contributed by atoms with Crippen molar-refractivity contribution in [1.82, 2.24) is 4.90 Å². The van der Waals surface area contributed by atoms with E-state index in [1.54, 1.807) is 24.3 Å². The van der Waals surface area contributed by atoms with Gasteiger partial charge in [-0.1, -0.05) is 87.2 Å². The Morgan fingerprint density at radius 2 is 1.29 bits per heavy atom. The highest BCUT2D eigenvalue weighted by atomic mass is 35.5. The molecule has 0 spiro atoms. The zero-order chi connectivity index (χ0) is 21.4. The topological polar surface area (TPSA) is 37.4 Å². The summed E-state index contributed by atoms with van der Waals surface area (Å²) in [5.74, 6) is 5.97. The predicted octanol–water partition coefficient (Wildman–Crippen LogP) is 5.72. The average Bonchev–Trinajstić information content (AvgIpc) is 3.01. The Bertz CT molecular complexity index is 899. The molecule has 0 atom stereocenters. The molecule has 0 aromatic heterocycles. The third kappa shape index (κ3) is 5.26. The van der Waals surface area contributed by atoms with Crippen LogP contribution in [-0.4, -0.2) is 36.1 Å². The minimum Gasteiger partial charge on any atom is -0.302 e. The Morgan fingerprint density at radius 1 is 0.774 bits per heavy atom. The molecule has 0 bridgehead atoms. The van der Waals surface area contributed by atoms with Crippen LogP contribution in [0.5, 0.6) is 0 Å². The largest absolute Gasteiger partial charge is 0.302 e. The van der Waals surface area contributed by atoms with E-state index >= 15 is 0 Å². The molecule has 2 aromatic rings. The van der Waals surface area contributed by atoms with Gasteiger partial charge in [-0.15, -0.1) is 18.3 Å². The molecule has 0 heterocycles. The lowest BCUT2D eigenvalue weighted by atomic mass is 9.76. The van der Waals surface area contributed by atoms with Gasteiger partial charge in [-0.05, 0) is 31.5 Å². The second-order valence-electron chi connectivity index (χ2n) is 7.92. The molecule has 1 aliphatic rings. The Kier molecular flexibility index (Phi) is 9.49. The molecule has 0 N–H and O–H groups in total. The number of nitrogens with zero attached hydrogens (tertiary/aromatic N) is 1. The van der Waals surface area contributed by atoms with Crippen LogP contribution >= 0.6 is 12.4 Å². The molecule has 0 fully saturated rings. The minimum absolute atomic E-state index is 0. The first-order valence-electron chi connectivity index (χ1n) is 11.1. The molecule has 0 amide bonds. The van der Waals surface area contributed by atoms with Gasteiger partial charge in [0.05, 0.1) is 0 Å². The van der Waals surface area contributed by atoms with E-state index in [4.69, 9.17) is 0 Å². The van der Waals surface area contributed by atoms with E-state index in [1.165, 1.54) is 25.7 Å². The number of fused-ring (bicyclic) bond motifs is 1. The number of carbonyl (C=O) groups excluding carboxylic acids is 2. The lowest BCUT2D eigenvalue weighted by Gasteiger charge is -2.21. The second-order valence-corrected chi connectivity index (χ2v) is 7.92. The molecule has 164 valence electrons. The minimum atomic E-state index is -1.41. The van der Waals surface area contributed by atoms with Gasteiger partial charge in [0.1, 0.15) is 0 Å². The maximum absolute atomic E-state index is 13.4. The van der Waals surface area contributed by atoms with Gasteiger partial charge in [0.15, 0.2) is 17.0 Å². The van der Waals surface area contributed by atoms with Crippen LogP contribution in [0.15, 0.2) is 54.6 Å². The standard InChI is InChI=1S/C27H31NO2.ClH/c1-3-5-19-28(20-6-4-2)21-13-12-18-27(22-14-8-7-9-15-22)25(29)23-16-10-11-17-24(23)26(27)30;/h7-11,14-17H,3-6,13,19-21H2,1-2H3;1H. The van der Waals surface area contributed by atoms with Crippen molar-refractivity contribution >= 4 is 24.0 Å². The number of halogens is 1. The van der Waals surface area contributed by atoms with Gasteiger partial charge in [-0.3, -0.25) is 9.59 Å². The SMILES string of the molecule is CCCCN(CCC#CC1(c2ccccc2)C(=O)c2ccccc2C1=O)CCCC.Cl. The fourth-order valence-corrected chi connectivity index (χ4v) is 4.03. The molecular weight excluding hydrogens is 406 g/mol. The molecule has 0 radical (unpaired) electrons. The van der Waals surface area contributed by atoms with Crippen LogP contribution in [0.2, 0.25) is 0 Å². The zero-order valence-corrected chi connectivity index (χ0v) is 19.3. The van der Waals surface area contributed by atoms with Gasteiger partial charge in [-0.2, -0.15) is 0 Å². The summed E-state index contributed by atoms with van der Waals surface area (Å²) < 4.78 is 0. The van der Waals surface area contributed by atoms with Gasteiger partial charge in [0.2, 0.25) is 0 Å². The molecule has 3 rings (SSSR count). The summed E-state index contributed by atoms with van der Waals surface area (Å²) >= 11 is 0. The van der Waals surface area contributed by atoms with Crippen molar-refractivity contribution in [2.75, 3.05) is 19.6 Å². The molecule has 3 nitrogen and oxygen atoms in total. The molecule has 0 saturated heterocycles. The molecular formula is C27H32ClNO2. The maximum Gasteiger partial charge on any atom is 0.194 e. The normalized spacial score (nSPS) is 14.0. The number of carbonyl (C=O) groups is 2. The van der Waals surface area contributed by atoms with E-state index in [0.29, 0.717) is 23.1 Å². The van der Waals surface area contributed by atoms with E-state index in [2.05, 4.69) is 30.6 Å². The van der Waals surface area contributed by atoms with E-state index in [9.17, 15) is 9.59 Å². The highest BCUT2D eigenvalue weighted by molar-refractivity contribution is 6.35. The van der Waals surface area contributed by atoms with E-state index in [1.807, 2.05) is 30.3 Å². The van der Waals surface area contributed by atoms with Crippen molar-refractivity contribution in [3.8, 4) is 11.8 Å². The first-order valence-corrected chi connectivity index (χ1v) is 11.1. The molecule has 0 unspecified atom stereocenters. The molecule has 0 aliphatic heterocycles. The summed E-state index contributed by atoms with van der Waals surface area (Å²) in [5, 5.41) is 0. The zero-order valence-electron chi connectivity index (χ0n) is 18.5. The summed E-state index contributed by atoms with van der Waals surface area (Å²) in [7, 11) is 0. The third-order valence-corrected chi connectivity index (χ3v) is 5.79. The van der Waals surface area contributed by atoms with Crippen LogP contribution < -0.4 is 0 Å². The smallest absolute Gasteiger partial charge is 0.194 e. The Morgan fingerprint density at radius 3 is 1.81 bits per heavy atom. The molecule has 1 aliphatic carbocycles. The van der Waals surface area contributed by atoms with Crippen LogP contribution in [0.4, 0.5) is 0 Å². The van der Waals surface area contributed by atoms with E-state index in [0.717, 1.165) is 19.6 Å². The van der Waals surface area contributed by atoms with Gasteiger partial charge >= 0.3 is 0 Å². The maximum atomic E-state index is 13.4. The van der Waals surface area contributed by atoms with Crippen molar-refractivity contribution < 1.29 is 9.59 Å². The van der Waals surface area contributed by atoms with Crippen LogP contribution in [0, 0.1) is 11.8 Å². The Labute approximate surface area is 192 Å². The number of hydrogen-bond donors (Lipinski definition) is 0. The first kappa shape index (κ1) is 24.9. The molecule has 4 heteroatoms. The average molecular weight is 438 g/mol. The number of benzene rings is 2. The monoisotopic (exact) mass is 437 g/mol. The van der Waals surface area contributed by atoms with Crippen molar-refractivity contribution in [2.45, 2.75) is 51.4 Å². The second kappa shape index (κ2) is 11.8. The van der Waals surface area contributed by atoms with Crippen molar-refractivity contribution in [3.05, 3.63) is 71.3 Å². The fraction of sp³-hybridized carbons (Fsp3) is 0.407. The lowest BCUT2D eigenvalue weighted by molar-refractivity contribution is 0.0842. The highest BCUT2D eigenvalue weighted by Crippen LogP contribution is 2.39. The van der Waals surface area contributed by atoms with Crippen LogP contribution in [-0.2, 0) is 5.41 Å². The summed E-state index contributed by atoms with van der Waals surface area (Å²) in [6.45, 7) is 7.43. The molecule has 0 saturated carbocycles. The summed E-state index contributed by atoms with van der Waals surface area (Å²) in [4.78, 5) is 29.3. The fourth-order valence-electron chi connectivity index (χ4n) is 4.03. The Hall–Kier alpha value is -2.41. The number of ketones is 2.